The van der Waals surface area contributed by atoms with E-state index in [2.05, 4.69) is 13.8 Å². The van der Waals surface area contributed by atoms with Crippen molar-refractivity contribution >= 4 is 8.58 Å². The van der Waals surface area contributed by atoms with Crippen molar-refractivity contribution in [1.29, 1.82) is 0 Å². The lowest BCUT2D eigenvalue weighted by Crippen LogP contribution is -1.85. The summed E-state index contributed by atoms with van der Waals surface area (Å²) in [4.78, 5) is 0. The highest BCUT2D eigenvalue weighted by Gasteiger charge is 1.94. The molecule has 0 bridgehead atoms. The fraction of sp³-hybridized carbons (Fsp3) is 1.00. The molecule has 21 heavy (non-hydrogen) atoms. The van der Waals surface area contributed by atoms with Crippen molar-refractivity contribution < 1.29 is 0 Å². The van der Waals surface area contributed by atoms with E-state index in [0.717, 1.165) is 0 Å². The maximum atomic E-state index is 2.30. The monoisotopic (exact) mass is 313 g/mol. The Kier molecular flexibility index (Phi) is 20.8. The Hall–Kier alpha value is 0.430. The summed E-state index contributed by atoms with van der Waals surface area (Å²) < 4.78 is 0. The molecule has 0 fully saturated rings. The Morgan fingerprint density at radius 1 is 0.381 bits per heavy atom. The Balaban J connectivity index is 2.90. The zero-order valence-electron chi connectivity index (χ0n) is 15.2. The molecule has 0 spiro atoms. The van der Waals surface area contributed by atoms with Crippen molar-refractivity contribution in [2.45, 2.75) is 117 Å². The molecule has 0 saturated carbocycles. The van der Waals surface area contributed by atoms with E-state index in [0.29, 0.717) is 0 Å². The minimum absolute atomic E-state index is 1.37. The van der Waals surface area contributed by atoms with Gasteiger partial charge in [0.25, 0.3) is 0 Å². The second-order valence-corrected chi connectivity index (χ2v) is 7.96. The summed E-state index contributed by atoms with van der Waals surface area (Å²) in [7, 11) is 1.73. The molecular formula is C20H42P. The molecule has 0 aromatic carbocycles. The van der Waals surface area contributed by atoms with E-state index in [1.165, 1.54) is 115 Å². The van der Waals surface area contributed by atoms with Crippen LogP contribution in [0, 0.1) is 0 Å². The first-order valence-electron chi connectivity index (χ1n) is 10.0. The van der Waals surface area contributed by atoms with Crippen molar-refractivity contribution in [3.63, 3.8) is 0 Å². The second kappa shape index (κ2) is 20.4. The second-order valence-electron chi connectivity index (χ2n) is 6.62. The Bertz CT molecular complexity index is 149. The van der Waals surface area contributed by atoms with Crippen LogP contribution < -0.4 is 0 Å². The topological polar surface area (TPSA) is 0 Å². The maximum Gasteiger partial charge on any atom is -0.0287 e. The molecular weight excluding hydrogens is 271 g/mol. The lowest BCUT2D eigenvalue weighted by atomic mass is 10.1. The van der Waals surface area contributed by atoms with Crippen molar-refractivity contribution in [3.05, 3.63) is 0 Å². The van der Waals surface area contributed by atoms with E-state index in [-0.39, 0.29) is 0 Å². The standard InChI is InChI=1S/C20H42P/c1-3-5-7-9-11-13-15-17-19-21-20-18-16-14-12-10-8-6-4-2/h3-20H2,1-2H3. The minimum atomic E-state index is 1.37. The van der Waals surface area contributed by atoms with Gasteiger partial charge in [0.1, 0.15) is 0 Å². The highest BCUT2D eigenvalue weighted by Crippen LogP contribution is 2.18. The van der Waals surface area contributed by atoms with Gasteiger partial charge in [0.15, 0.2) is 0 Å². The van der Waals surface area contributed by atoms with E-state index in [1.54, 1.807) is 8.58 Å². The zero-order valence-corrected chi connectivity index (χ0v) is 16.1. The van der Waals surface area contributed by atoms with Crippen LogP contribution in [0.2, 0.25) is 0 Å². The third-order valence-corrected chi connectivity index (χ3v) is 5.60. The van der Waals surface area contributed by atoms with Crippen LogP contribution in [0.4, 0.5) is 0 Å². The molecule has 0 N–H and O–H groups in total. The largest absolute Gasteiger partial charge is 0.0810 e. The van der Waals surface area contributed by atoms with Gasteiger partial charge in [0.05, 0.1) is 0 Å². The van der Waals surface area contributed by atoms with Gasteiger partial charge in [-0.1, -0.05) is 112 Å². The molecule has 0 aromatic heterocycles. The normalized spacial score (nSPS) is 11.1. The third kappa shape index (κ3) is 20.4. The molecule has 1 heteroatoms. The number of hydrogen-bond acceptors (Lipinski definition) is 0. The van der Waals surface area contributed by atoms with E-state index in [4.69, 9.17) is 0 Å². The molecule has 0 amide bonds. The van der Waals surface area contributed by atoms with Gasteiger partial charge in [-0.25, -0.2) is 0 Å². The van der Waals surface area contributed by atoms with Crippen molar-refractivity contribution in [2.24, 2.45) is 0 Å². The molecule has 0 aliphatic heterocycles. The van der Waals surface area contributed by atoms with Gasteiger partial charge in [-0.15, -0.1) is 0 Å². The van der Waals surface area contributed by atoms with Crippen LogP contribution in [0.25, 0.3) is 0 Å². The first kappa shape index (κ1) is 21.4. The van der Waals surface area contributed by atoms with Crippen LogP contribution in [0.5, 0.6) is 0 Å². The van der Waals surface area contributed by atoms with Crippen LogP contribution in [0.15, 0.2) is 0 Å². The van der Waals surface area contributed by atoms with Gasteiger partial charge in [-0.2, -0.15) is 0 Å². The van der Waals surface area contributed by atoms with Crippen LogP contribution in [-0.2, 0) is 0 Å². The quantitative estimate of drug-likeness (QED) is 0.177. The Labute approximate surface area is 138 Å². The first-order valence-corrected chi connectivity index (χ1v) is 11.3. The van der Waals surface area contributed by atoms with Gasteiger partial charge >= 0.3 is 0 Å². The summed E-state index contributed by atoms with van der Waals surface area (Å²) in [6, 6.07) is 0. The van der Waals surface area contributed by atoms with E-state index in [1.807, 2.05) is 0 Å². The van der Waals surface area contributed by atoms with Gasteiger partial charge < -0.3 is 0 Å². The average Bonchev–Trinajstić information content (AvgIpc) is 2.50. The molecule has 0 saturated heterocycles. The molecule has 0 aliphatic rings. The minimum Gasteiger partial charge on any atom is -0.0810 e. The first-order chi connectivity index (χ1) is 10.4. The molecule has 127 valence electrons. The predicted octanol–water partition coefficient (Wildman–Crippen LogP) is 8.21. The number of hydrogen-bond donors (Lipinski definition) is 0. The summed E-state index contributed by atoms with van der Waals surface area (Å²) in [5, 5.41) is 0. The molecule has 0 heterocycles. The fourth-order valence-corrected chi connectivity index (χ4v) is 3.94. The summed E-state index contributed by atoms with van der Waals surface area (Å²) in [6.45, 7) is 4.59. The number of rotatable bonds is 18. The van der Waals surface area contributed by atoms with Crippen LogP contribution in [0.1, 0.15) is 117 Å². The van der Waals surface area contributed by atoms with Gasteiger partial charge in [-0.3, -0.25) is 0 Å². The van der Waals surface area contributed by atoms with Gasteiger partial charge in [0, 0.05) is 0 Å². The fourth-order valence-electron chi connectivity index (χ4n) is 2.83. The SMILES string of the molecule is CCCCCCCCCC[P]CCCCCCCCCC. The lowest BCUT2D eigenvalue weighted by Gasteiger charge is -2.03. The lowest BCUT2D eigenvalue weighted by molar-refractivity contribution is 0.584. The van der Waals surface area contributed by atoms with Crippen LogP contribution >= 0.6 is 8.58 Å². The predicted molar refractivity (Wildman–Crippen MR) is 102 cm³/mol. The molecule has 0 atom stereocenters. The molecule has 0 nitrogen and oxygen atoms in total. The van der Waals surface area contributed by atoms with Crippen molar-refractivity contribution in [1.82, 2.24) is 0 Å². The van der Waals surface area contributed by atoms with E-state index < -0.39 is 0 Å². The Morgan fingerprint density at radius 2 is 0.667 bits per heavy atom. The summed E-state index contributed by atoms with van der Waals surface area (Å²) >= 11 is 0. The molecule has 0 aromatic rings. The summed E-state index contributed by atoms with van der Waals surface area (Å²) in [6.07, 6.45) is 26.3. The smallest absolute Gasteiger partial charge is 0.0287 e. The summed E-state index contributed by atoms with van der Waals surface area (Å²) in [5.41, 5.74) is 0. The van der Waals surface area contributed by atoms with Crippen LogP contribution in [-0.4, -0.2) is 12.3 Å². The number of unbranched alkanes of at least 4 members (excludes halogenated alkanes) is 14. The van der Waals surface area contributed by atoms with Crippen LogP contribution in [0.3, 0.4) is 0 Å². The zero-order chi connectivity index (χ0) is 15.4. The maximum absolute atomic E-state index is 2.30. The van der Waals surface area contributed by atoms with Crippen molar-refractivity contribution in [2.75, 3.05) is 12.3 Å². The van der Waals surface area contributed by atoms with Gasteiger partial charge in [0.2, 0.25) is 0 Å². The average molecular weight is 314 g/mol. The van der Waals surface area contributed by atoms with Gasteiger partial charge in [-0.05, 0) is 25.2 Å². The van der Waals surface area contributed by atoms with E-state index in [9.17, 15) is 0 Å². The van der Waals surface area contributed by atoms with Crippen molar-refractivity contribution in [3.8, 4) is 0 Å². The highest BCUT2D eigenvalue weighted by molar-refractivity contribution is 7.37. The highest BCUT2D eigenvalue weighted by atomic mass is 31.1. The molecule has 0 rings (SSSR count). The molecule has 0 aliphatic carbocycles. The molecule has 0 unspecified atom stereocenters. The Morgan fingerprint density at radius 3 is 1.00 bits per heavy atom. The molecule has 1 radical (unpaired) electrons. The summed E-state index contributed by atoms with van der Waals surface area (Å²) in [5.74, 6) is 0. The van der Waals surface area contributed by atoms with E-state index >= 15 is 0 Å². The third-order valence-electron chi connectivity index (χ3n) is 4.34.